The average molecular weight is 338 g/mol. The molecule has 0 aliphatic carbocycles. The molecule has 4 aromatic rings. The molecule has 0 radical (unpaired) electrons. The summed E-state index contributed by atoms with van der Waals surface area (Å²) in [6.07, 6.45) is 5.17. The third kappa shape index (κ3) is 2.50. The van der Waals surface area contributed by atoms with Crippen molar-refractivity contribution >= 4 is 22.8 Å². The maximum absolute atomic E-state index is 12.3. The van der Waals surface area contributed by atoms with E-state index in [1.165, 1.54) is 18.0 Å². The molecule has 0 unspecified atom stereocenters. The Labute approximate surface area is 141 Å². The molecule has 0 saturated carbocycles. The van der Waals surface area contributed by atoms with Crippen molar-refractivity contribution in [3.8, 4) is 5.69 Å². The van der Waals surface area contributed by atoms with E-state index in [0.29, 0.717) is 16.2 Å². The van der Waals surface area contributed by atoms with Crippen molar-refractivity contribution in [3.05, 3.63) is 59.3 Å². The van der Waals surface area contributed by atoms with Crippen molar-refractivity contribution in [1.29, 1.82) is 0 Å². The van der Waals surface area contributed by atoms with Crippen LogP contribution in [-0.4, -0.2) is 29.3 Å². The highest BCUT2D eigenvalue weighted by Crippen LogP contribution is 2.24. The zero-order chi connectivity index (χ0) is 16.5. The minimum Gasteiger partial charge on any atom is -0.326 e. The number of H-pyrrole nitrogens is 1. The van der Waals surface area contributed by atoms with Gasteiger partial charge in [-0.25, -0.2) is 14.6 Å². The minimum atomic E-state index is -0.209. The van der Waals surface area contributed by atoms with E-state index in [1.54, 1.807) is 10.9 Å². The number of hydrogen-bond acceptors (Lipinski definition) is 5. The predicted octanol–water partition coefficient (Wildman–Crippen LogP) is 2.48. The van der Waals surface area contributed by atoms with Crippen LogP contribution in [0.4, 0.5) is 0 Å². The van der Waals surface area contributed by atoms with E-state index in [0.717, 1.165) is 17.4 Å². The zero-order valence-electron chi connectivity index (χ0n) is 12.9. The fraction of sp³-hybridized carbons (Fsp3) is 0.125. The van der Waals surface area contributed by atoms with Crippen LogP contribution in [0, 0.1) is 0 Å². The first-order valence-corrected chi connectivity index (χ1v) is 8.30. The van der Waals surface area contributed by atoms with Crippen molar-refractivity contribution in [2.45, 2.75) is 23.8 Å². The van der Waals surface area contributed by atoms with E-state index in [2.05, 4.69) is 20.1 Å². The van der Waals surface area contributed by atoms with Crippen molar-refractivity contribution in [2.24, 2.45) is 0 Å². The zero-order valence-corrected chi connectivity index (χ0v) is 13.7. The molecule has 1 N–H and O–H groups in total. The molecule has 0 aliphatic rings. The summed E-state index contributed by atoms with van der Waals surface area (Å²) in [5.74, 6) is 0. The van der Waals surface area contributed by atoms with Crippen LogP contribution in [0.25, 0.3) is 16.7 Å². The lowest BCUT2D eigenvalue weighted by molar-refractivity contribution is 0.679. The van der Waals surface area contributed by atoms with Gasteiger partial charge in [0.2, 0.25) is 0 Å². The largest absolute Gasteiger partial charge is 0.326 e. The maximum atomic E-state index is 12.3. The van der Waals surface area contributed by atoms with Gasteiger partial charge in [-0.2, -0.15) is 5.10 Å². The molecular weight excluding hydrogens is 324 g/mol. The second kappa shape index (κ2) is 5.97. The first-order chi connectivity index (χ1) is 11.8. The summed E-state index contributed by atoms with van der Waals surface area (Å²) >= 11 is 1.33. The maximum Gasteiger partial charge on any atom is 0.262 e. The summed E-state index contributed by atoms with van der Waals surface area (Å²) in [6, 6.07) is 9.62. The van der Waals surface area contributed by atoms with Crippen LogP contribution in [0.3, 0.4) is 0 Å². The number of imidazole rings is 1. The lowest BCUT2D eigenvalue weighted by Gasteiger charge is -2.05. The molecule has 0 spiro atoms. The third-order valence-electron chi connectivity index (χ3n) is 3.62. The molecule has 8 heteroatoms. The first-order valence-electron chi connectivity index (χ1n) is 7.48. The van der Waals surface area contributed by atoms with Crippen LogP contribution in [-0.2, 0) is 6.54 Å². The predicted molar refractivity (Wildman–Crippen MR) is 91.5 cm³/mol. The van der Waals surface area contributed by atoms with Gasteiger partial charge >= 0.3 is 0 Å². The van der Waals surface area contributed by atoms with Crippen LogP contribution in [0.1, 0.15) is 6.92 Å². The topological polar surface area (TPSA) is 81.4 Å². The highest BCUT2D eigenvalue weighted by atomic mass is 32.2. The van der Waals surface area contributed by atoms with Gasteiger partial charge in [-0.3, -0.25) is 4.79 Å². The second-order valence-electron chi connectivity index (χ2n) is 5.10. The highest BCUT2D eigenvalue weighted by Gasteiger charge is 2.13. The van der Waals surface area contributed by atoms with E-state index in [9.17, 15) is 4.79 Å². The number of nitrogens with one attached hydrogen (secondary N) is 1. The van der Waals surface area contributed by atoms with Gasteiger partial charge in [0, 0.05) is 18.9 Å². The average Bonchev–Trinajstić information content (AvgIpc) is 3.22. The van der Waals surface area contributed by atoms with Crippen LogP contribution in [0.2, 0.25) is 0 Å². The summed E-state index contributed by atoms with van der Waals surface area (Å²) in [5, 5.41) is 6.04. The van der Waals surface area contributed by atoms with Crippen molar-refractivity contribution in [2.75, 3.05) is 0 Å². The van der Waals surface area contributed by atoms with Gasteiger partial charge in [-0.1, -0.05) is 18.2 Å². The van der Waals surface area contributed by atoms with Gasteiger partial charge < -0.3 is 9.55 Å². The van der Waals surface area contributed by atoms with Crippen molar-refractivity contribution < 1.29 is 0 Å². The summed E-state index contributed by atoms with van der Waals surface area (Å²) in [4.78, 5) is 24.0. The monoisotopic (exact) mass is 338 g/mol. The SMILES string of the molecule is CCn1ccnc1Sc1nc2c(cnn2-c2ccccc2)c(=O)[nH]1. The Morgan fingerprint density at radius 2 is 2.08 bits per heavy atom. The Bertz CT molecular complexity index is 1050. The second-order valence-corrected chi connectivity index (χ2v) is 6.05. The molecule has 0 amide bonds. The van der Waals surface area contributed by atoms with Gasteiger partial charge in [-0.15, -0.1) is 0 Å². The Kier molecular flexibility index (Phi) is 3.66. The van der Waals surface area contributed by atoms with Crippen LogP contribution >= 0.6 is 11.8 Å². The fourth-order valence-electron chi connectivity index (χ4n) is 2.43. The Morgan fingerprint density at radius 1 is 1.25 bits per heavy atom. The van der Waals surface area contributed by atoms with Crippen LogP contribution < -0.4 is 5.56 Å². The number of hydrogen-bond donors (Lipinski definition) is 1. The molecule has 4 rings (SSSR count). The summed E-state index contributed by atoms with van der Waals surface area (Å²) in [5.41, 5.74) is 1.18. The number of fused-ring (bicyclic) bond motifs is 1. The third-order valence-corrected chi connectivity index (χ3v) is 4.53. The molecule has 3 aromatic heterocycles. The van der Waals surface area contributed by atoms with Crippen LogP contribution in [0.15, 0.2) is 64.0 Å². The number of rotatable bonds is 4. The normalized spacial score (nSPS) is 11.2. The summed E-state index contributed by atoms with van der Waals surface area (Å²) < 4.78 is 3.66. The van der Waals surface area contributed by atoms with Crippen molar-refractivity contribution in [1.82, 2.24) is 29.3 Å². The van der Waals surface area contributed by atoms with Gasteiger partial charge in [0.25, 0.3) is 5.56 Å². The van der Waals surface area contributed by atoms with E-state index in [-0.39, 0.29) is 5.56 Å². The Balaban J connectivity index is 1.82. The first kappa shape index (κ1) is 14.7. The smallest absolute Gasteiger partial charge is 0.262 e. The molecular formula is C16H14N6OS. The summed E-state index contributed by atoms with van der Waals surface area (Å²) in [6.45, 7) is 2.84. The van der Waals surface area contributed by atoms with E-state index < -0.39 is 0 Å². The number of para-hydroxylation sites is 1. The van der Waals surface area contributed by atoms with E-state index >= 15 is 0 Å². The van der Waals surface area contributed by atoms with E-state index in [1.807, 2.05) is 48.0 Å². The standard InChI is InChI=1S/C16H14N6OS/c1-2-21-9-8-17-16(21)24-15-19-13-12(14(23)20-15)10-18-22(13)11-6-4-3-5-7-11/h3-10H,2H2,1H3,(H,19,20,23). The number of benzene rings is 1. The lowest BCUT2D eigenvalue weighted by atomic mass is 10.3. The Hall–Kier alpha value is -2.87. The molecule has 0 bridgehead atoms. The van der Waals surface area contributed by atoms with Gasteiger partial charge in [0.05, 0.1) is 11.9 Å². The molecule has 24 heavy (non-hydrogen) atoms. The number of aromatic amines is 1. The number of nitrogens with zero attached hydrogens (tertiary/aromatic N) is 5. The number of aryl methyl sites for hydroxylation is 1. The molecule has 0 aliphatic heterocycles. The minimum absolute atomic E-state index is 0.209. The van der Waals surface area contributed by atoms with Crippen molar-refractivity contribution in [3.63, 3.8) is 0 Å². The highest BCUT2D eigenvalue weighted by molar-refractivity contribution is 7.99. The Morgan fingerprint density at radius 3 is 2.88 bits per heavy atom. The van der Waals surface area contributed by atoms with E-state index in [4.69, 9.17) is 0 Å². The summed E-state index contributed by atoms with van der Waals surface area (Å²) in [7, 11) is 0. The molecule has 3 heterocycles. The van der Waals surface area contributed by atoms with Gasteiger partial charge in [-0.05, 0) is 30.8 Å². The van der Waals surface area contributed by atoms with Gasteiger partial charge in [0.1, 0.15) is 5.39 Å². The molecule has 1 aromatic carbocycles. The molecule has 0 atom stereocenters. The quantitative estimate of drug-likeness (QED) is 0.578. The van der Waals surface area contributed by atoms with Gasteiger partial charge in [0.15, 0.2) is 16.0 Å². The molecule has 7 nitrogen and oxygen atoms in total. The molecule has 120 valence electrons. The van der Waals surface area contributed by atoms with Crippen LogP contribution in [0.5, 0.6) is 0 Å². The lowest BCUT2D eigenvalue weighted by Crippen LogP contribution is -2.10. The fourth-order valence-corrected chi connectivity index (χ4v) is 3.30. The molecule has 0 saturated heterocycles. The molecule has 0 fully saturated rings. The number of aromatic nitrogens is 6.